The Hall–Kier alpha value is -1.27. The first-order chi connectivity index (χ1) is 11.2. The number of amides is 3. The zero-order valence-corrected chi connectivity index (χ0v) is 15.1. The molecule has 0 heterocycles. The van der Waals surface area contributed by atoms with Gasteiger partial charge in [0.25, 0.3) is 5.91 Å². The number of esters is 1. The number of alkyl halides is 2. The number of rotatable bonds is 6. The first kappa shape index (κ1) is 19.1. The summed E-state index contributed by atoms with van der Waals surface area (Å²) < 4.78 is 3.71. The largest absolute Gasteiger partial charge is 0.455 e. The summed E-state index contributed by atoms with van der Waals surface area (Å²) in [5, 5.41) is 4.72. The second-order valence-corrected chi connectivity index (χ2v) is 7.94. The molecule has 134 valence electrons. The molecule has 2 rings (SSSR count). The summed E-state index contributed by atoms with van der Waals surface area (Å²) in [5.41, 5.74) is 0.344. The lowest BCUT2D eigenvalue weighted by Crippen LogP contribution is -2.42. The van der Waals surface area contributed by atoms with E-state index in [1.54, 1.807) is 6.92 Å². The van der Waals surface area contributed by atoms with Gasteiger partial charge in [-0.3, -0.25) is 14.9 Å². The number of allylic oxidation sites excluding steroid dienone is 1. The van der Waals surface area contributed by atoms with Gasteiger partial charge in [-0.05, 0) is 39.0 Å². The SMILES string of the molecule is C[C@]1(C(=O)OCC(=O)NC(=O)NCCC2=CCCCC2)CC1(Cl)Cl. The molecule has 2 aliphatic rings. The molecule has 24 heavy (non-hydrogen) atoms. The summed E-state index contributed by atoms with van der Waals surface area (Å²) in [7, 11) is 0. The molecule has 1 atom stereocenters. The van der Waals surface area contributed by atoms with Crippen molar-refractivity contribution in [2.45, 2.75) is 49.8 Å². The van der Waals surface area contributed by atoms with E-state index in [1.807, 2.05) is 0 Å². The molecule has 1 fully saturated rings. The van der Waals surface area contributed by atoms with Crippen molar-refractivity contribution in [3.63, 3.8) is 0 Å². The first-order valence-corrected chi connectivity index (χ1v) is 8.81. The zero-order valence-electron chi connectivity index (χ0n) is 13.6. The van der Waals surface area contributed by atoms with E-state index in [0.717, 1.165) is 19.3 Å². The lowest BCUT2D eigenvalue weighted by atomic mass is 9.97. The second kappa shape index (κ2) is 7.74. The summed E-state index contributed by atoms with van der Waals surface area (Å²) in [4.78, 5) is 35.0. The van der Waals surface area contributed by atoms with Crippen LogP contribution in [0.25, 0.3) is 0 Å². The van der Waals surface area contributed by atoms with Gasteiger partial charge in [0.05, 0.1) is 0 Å². The van der Waals surface area contributed by atoms with Crippen LogP contribution in [0.5, 0.6) is 0 Å². The van der Waals surface area contributed by atoms with E-state index in [1.165, 1.54) is 18.4 Å². The zero-order chi connectivity index (χ0) is 17.8. The molecule has 0 bridgehead atoms. The summed E-state index contributed by atoms with van der Waals surface area (Å²) in [6.07, 6.45) is 7.84. The first-order valence-electron chi connectivity index (χ1n) is 8.05. The van der Waals surface area contributed by atoms with Gasteiger partial charge in [0, 0.05) is 13.0 Å². The highest BCUT2D eigenvalue weighted by molar-refractivity contribution is 6.53. The number of carbonyl (C=O) groups excluding carboxylic acids is 3. The monoisotopic (exact) mass is 376 g/mol. The van der Waals surface area contributed by atoms with Gasteiger partial charge < -0.3 is 10.1 Å². The maximum absolute atomic E-state index is 11.8. The van der Waals surface area contributed by atoms with Crippen molar-refractivity contribution in [2.24, 2.45) is 5.41 Å². The highest BCUT2D eigenvalue weighted by atomic mass is 35.5. The number of ether oxygens (including phenoxy) is 1. The summed E-state index contributed by atoms with van der Waals surface area (Å²) in [6.45, 7) is 1.49. The molecule has 0 radical (unpaired) electrons. The van der Waals surface area contributed by atoms with Crippen LogP contribution in [0.4, 0.5) is 4.79 Å². The van der Waals surface area contributed by atoms with Crippen LogP contribution in [0.2, 0.25) is 0 Å². The van der Waals surface area contributed by atoms with Crippen molar-refractivity contribution in [1.29, 1.82) is 0 Å². The lowest BCUT2D eigenvalue weighted by molar-refractivity contribution is -0.153. The molecule has 0 aromatic rings. The van der Waals surface area contributed by atoms with Crippen LogP contribution in [-0.2, 0) is 14.3 Å². The quantitative estimate of drug-likeness (QED) is 0.424. The van der Waals surface area contributed by atoms with E-state index in [4.69, 9.17) is 27.9 Å². The van der Waals surface area contributed by atoms with Gasteiger partial charge in [-0.1, -0.05) is 11.6 Å². The van der Waals surface area contributed by atoms with E-state index in [0.29, 0.717) is 6.54 Å². The third-order valence-corrected chi connectivity index (χ3v) is 5.51. The number of carbonyl (C=O) groups is 3. The minimum atomic E-state index is -1.15. The molecule has 8 heteroatoms. The molecule has 0 spiro atoms. The maximum Gasteiger partial charge on any atom is 0.321 e. The molecule has 3 amide bonds. The topological polar surface area (TPSA) is 84.5 Å². The average Bonchev–Trinajstić information content (AvgIpc) is 3.05. The Morgan fingerprint density at radius 3 is 2.58 bits per heavy atom. The van der Waals surface area contributed by atoms with E-state index >= 15 is 0 Å². The van der Waals surface area contributed by atoms with Crippen molar-refractivity contribution in [3.05, 3.63) is 11.6 Å². The van der Waals surface area contributed by atoms with Crippen molar-refractivity contribution >= 4 is 41.1 Å². The standard InChI is InChI=1S/C16H22Cl2N2O4/c1-15(10-16(15,17)18)13(22)24-9-12(21)20-14(23)19-8-7-11-5-3-2-4-6-11/h5H,2-4,6-10H2,1H3,(H2,19,20,21,23)/t15-/m1/s1. The molecule has 0 aromatic heterocycles. The molecule has 6 nitrogen and oxygen atoms in total. The Bertz CT molecular complexity index is 562. The van der Waals surface area contributed by atoms with E-state index in [9.17, 15) is 14.4 Å². The van der Waals surface area contributed by atoms with Crippen LogP contribution in [0.15, 0.2) is 11.6 Å². The van der Waals surface area contributed by atoms with Crippen molar-refractivity contribution in [3.8, 4) is 0 Å². The van der Waals surface area contributed by atoms with Crippen LogP contribution in [0.1, 0.15) is 45.4 Å². The molecular weight excluding hydrogens is 355 g/mol. The van der Waals surface area contributed by atoms with E-state index in [-0.39, 0.29) is 6.42 Å². The predicted molar refractivity (Wildman–Crippen MR) is 90.8 cm³/mol. The van der Waals surface area contributed by atoms with Gasteiger partial charge in [0.1, 0.15) is 9.75 Å². The summed E-state index contributed by atoms with van der Waals surface area (Å²) in [6, 6.07) is -0.603. The maximum atomic E-state index is 11.8. The third-order valence-electron chi connectivity index (χ3n) is 4.41. The van der Waals surface area contributed by atoms with Gasteiger partial charge in [-0.2, -0.15) is 0 Å². The molecule has 2 aliphatic carbocycles. The average molecular weight is 377 g/mol. The minimum Gasteiger partial charge on any atom is -0.455 e. The molecule has 0 aliphatic heterocycles. The van der Waals surface area contributed by atoms with E-state index in [2.05, 4.69) is 16.7 Å². The number of urea groups is 1. The van der Waals surface area contributed by atoms with Gasteiger partial charge in [0.15, 0.2) is 6.61 Å². The lowest BCUT2D eigenvalue weighted by Gasteiger charge is -2.13. The molecule has 2 N–H and O–H groups in total. The molecule has 1 saturated carbocycles. The van der Waals surface area contributed by atoms with Gasteiger partial charge >= 0.3 is 12.0 Å². The number of nitrogens with one attached hydrogen (secondary N) is 2. The Balaban J connectivity index is 1.60. The Morgan fingerprint density at radius 2 is 2.00 bits per heavy atom. The van der Waals surface area contributed by atoms with Gasteiger partial charge in [-0.25, -0.2) is 4.79 Å². The highest BCUT2D eigenvalue weighted by Gasteiger charge is 2.69. The van der Waals surface area contributed by atoms with Crippen LogP contribution in [0, 0.1) is 5.41 Å². The number of hydrogen-bond donors (Lipinski definition) is 2. The van der Waals surface area contributed by atoms with Crippen LogP contribution in [0.3, 0.4) is 0 Å². The normalized spacial score (nSPS) is 24.5. The van der Waals surface area contributed by atoms with E-state index < -0.39 is 34.3 Å². The van der Waals surface area contributed by atoms with Crippen molar-refractivity contribution in [1.82, 2.24) is 10.6 Å². The highest BCUT2D eigenvalue weighted by Crippen LogP contribution is 2.64. The van der Waals surface area contributed by atoms with Crippen LogP contribution >= 0.6 is 23.2 Å². The summed E-state index contributed by atoms with van der Waals surface area (Å²) >= 11 is 11.7. The summed E-state index contributed by atoms with van der Waals surface area (Å²) in [5.74, 6) is -1.34. The molecule has 0 saturated heterocycles. The number of halogens is 2. The Morgan fingerprint density at radius 1 is 1.29 bits per heavy atom. The molecule has 0 aromatic carbocycles. The van der Waals surface area contributed by atoms with Crippen molar-refractivity contribution in [2.75, 3.05) is 13.2 Å². The van der Waals surface area contributed by atoms with Crippen LogP contribution in [-0.4, -0.2) is 35.4 Å². The van der Waals surface area contributed by atoms with Gasteiger partial charge in [-0.15, -0.1) is 23.2 Å². The fourth-order valence-corrected chi connectivity index (χ4v) is 3.28. The fourth-order valence-electron chi connectivity index (χ4n) is 2.59. The number of imide groups is 1. The molecular formula is C16H22Cl2N2O4. The number of hydrogen-bond acceptors (Lipinski definition) is 4. The fraction of sp³-hybridized carbons (Fsp3) is 0.688. The van der Waals surface area contributed by atoms with Crippen molar-refractivity contribution < 1.29 is 19.1 Å². The van der Waals surface area contributed by atoms with Crippen LogP contribution < -0.4 is 10.6 Å². The Labute approximate surface area is 151 Å². The molecule has 0 unspecified atom stereocenters. The smallest absolute Gasteiger partial charge is 0.321 e. The van der Waals surface area contributed by atoms with Gasteiger partial charge in [0.2, 0.25) is 0 Å². The third kappa shape index (κ3) is 4.86. The predicted octanol–water partition coefficient (Wildman–Crippen LogP) is 2.83. The second-order valence-electron chi connectivity index (χ2n) is 6.45. The minimum absolute atomic E-state index is 0.278. The Kier molecular flexibility index (Phi) is 6.15.